The number of aliphatic imine (C=N–C) groups is 1. The van der Waals surface area contributed by atoms with Crippen molar-refractivity contribution in [2.45, 2.75) is 0 Å². The number of allylic oxidation sites excluding steroid dienone is 1. The van der Waals surface area contributed by atoms with Crippen LogP contribution in [0.5, 0.6) is 0 Å². The molecule has 0 radical (unpaired) electrons. The van der Waals surface area contributed by atoms with E-state index in [0.29, 0.717) is 11.5 Å². The molecule has 0 saturated carbocycles. The summed E-state index contributed by atoms with van der Waals surface area (Å²) in [5.74, 6) is -0.614. The summed E-state index contributed by atoms with van der Waals surface area (Å²) < 4.78 is 0. The Morgan fingerprint density at radius 3 is 3.14 bits per heavy atom. The van der Waals surface area contributed by atoms with Gasteiger partial charge in [-0.25, -0.2) is 14.8 Å². The van der Waals surface area contributed by atoms with Crippen molar-refractivity contribution in [1.82, 2.24) is 4.98 Å². The van der Waals surface area contributed by atoms with Crippen LogP contribution in [0.25, 0.3) is 0 Å². The van der Waals surface area contributed by atoms with Gasteiger partial charge in [0.1, 0.15) is 0 Å². The third-order valence-electron chi connectivity index (χ3n) is 1.77. The monoisotopic (exact) mass is 189 g/mol. The molecule has 1 aromatic heterocycles. The van der Waals surface area contributed by atoms with Gasteiger partial charge in [0, 0.05) is 18.6 Å². The summed E-state index contributed by atoms with van der Waals surface area (Å²) in [5.41, 5.74) is 0.587. The molecule has 0 unspecified atom stereocenters. The number of pyridine rings is 1. The van der Waals surface area contributed by atoms with E-state index >= 15 is 0 Å². The summed E-state index contributed by atoms with van der Waals surface area (Å²) in [7, 11) is 0. The molecule has 0 bridgehead atoms. The largest absolute Gasteiger partial charge is 0.478 e. The smallest absolute Gasteiger partial charge is 0.338 e. The number of anilines is 1. The summed E-state index contributed by atoms with van der Waals surface area (Å²) in [5, 5.41) is 11.7. The average molecular weight is 189 g/mol. The van der Waals surface area contributed by atoms with Crippen LogP contribution in [0.15, 0.2) is 29.5 Å². The van der Waals surface area contributed by atoms with Crippen molar-refractivity contribution < 1.29 is 9.90 Å². The second kappa shape index (κ2) is 3.29. The molecule has 2 rings (SSSR count). The quantitative estimate of drug-likeness (QED) is 0.700. The Morgan fingerprint density at radius 2 is 2.36 bits per heavy atom. The first kappa shape index (κ1) is 8.43. The number of aromatic nitrogens is 1. The van der Waals surface area contributed by atoms with E-state index in [1.807, 2.05) is 0 Å². The Kier molecular flexibility index (Phi) is 1.98. The zero-order chi connectivity index (χ0) is 9.97. The maximum absolute atomic E-state index is 10.8. The minimum atomic E-state index is -0.998. The molecule has 5 nitrogen and oxygen atoms in total. The minimum Gasteiger partial charge on any atom is -0.478 e. The SMILES string of the molecule is O=C(O)c1ccnc2c1NC=CC=N2. The fourth-order valence-electron chi connectivity index (χ4n) is 1.16. The van der Waals surface area contributed by atoms with E-state index in [4.69, 9.17) is 5.11 Å². The topological polar surface area (TPSA) is 74.6 Å². The number of carbonyl (C=O) groups is 1. The molecule has 1 aromatic rings. The lowest BCUT2D eigenvalue weighted by atomic mass is 10.2. The zero-order valence-corrected chi connectivity index (χ0v) is 7.14. The van der Waals surface area contributed by atoms with Gasteiger partial charge in [0.2, 0.25) is 0 Å². The minimum absolute atomic E-state index is 0.165. The molecule has 0 amide bonds. The Morgan fingerprint density at radius 1 is 1.50 bits per heavy atom. The van der Waals surface area contributed by atoms with Gasteiger partial charge in [0.05, 0.1) is 11.3 Å². The third kappa shape index (κ3) is 1.35. The number of aromatic carboxylic acids is 1. The second-order valence-corrected chi connectivity index (χ2v) is 2.64. The molecular formula is C9H7N3O2. The number of carboxylic acids is 1. The maximum atomic E-state index is 10.8. The lowest BCUT2D eigenvalue weighted by Gasteiger charge is -2.05. The molecule has 14 heavy (non-hydrogen) atoms. The first-order valence-electron chi connectivity index (χ1n) is 3.97. The summed E-state index contributed by atoms with van der Waals surface area (Å²) in [6.07, 6.45) is 6.26. The zero-order valence-electron chi connectivity index (χ0n) is 7.14. The fourth-order valence-corrected chi connectivity index (χ4v) is 1.16. The van der Waals surface area contributed by atoms with E-state index in [-0.39, 0.29) is 5.56 Å². The number of hydrogen-bond acceptors (Lipinski definition) is 4. The van der Waals surface area contributed by atoms with E-state index in [2.05, 4.69) is 15.3 Å². The van der Waals surface area contributed by atoms with Crippen LogP contribution in [0.4, 0.5) is 11.5 Å². The summed E-state index contributed by atoms with van der Waals surface area (Å²) in [6, 6.07) is 1.43. The van der Waals surface area contributed by atoms with Crippen molar-refractivity contribution in [3.8, 4) is 0 Å². The van der Waals surface area contributed by atoms with E-state index < -0.39 is 5.97 Å². The highest BCUT2D eigenvalue weighted by atomic mass is 16.4. The predicted octanol–water partition coefficient (Wildman–Crippen LogP) is 1.42. The van der Waals surface area contributed by atoms with Gasteiger partial charge < -0.3 is 10.4 Å². The van der Waals surface area contributed by atoms with Crippen molar-refractivity contribution in [3.05, 3.63) is 30.1 Å². The highest BCUT2D eigenvalue weighted by Crippen LogP contribution is 2.27. The molecule has 0 aromatic carbocycles. The van der Waals surface area contributed by atoms with Crippen LogP contribution in [0.2, 0.25) is 0 Å². The first-order chi connectivity index (χ1) is 6.79. The Labute approximate surface area is 79.8 Å². The van der Waals surface area contributed by atoms with Crippen LogP contribution in [0.3, 0.4) is 0 Å². The lowest BCUT2D eigenvalue weighted by Crippen LogP contribution is -2.02. The van der Waals surface area contributed by atoms with Crippen molar-refractivity contribution in [2.24, 2.45) is 4.99 Å². The standard InChI is InChI=1S/C9H7N3O2/c13-9(14)6-2-5-12-8-7(6)10-3-1-4-11-8/h1-5,10H,(H,13,14). The van der Waals surface area contributed by atoms with Crippen molar-refractivity contribution in [1.29, 1.82) is 0 Å². The molecule has 0 atom stereocenters. The van der Waals surface area contributed by atoms with Crippen LogP contribution in [-0.4, -0.2) is 22.3 Å². The van der Waals surface area contributed by atoms with Crippen molar-refractivity contribution in [2.75, 3.05) is 5.32 Å². The molecule has 0 fully saturated rings. The number of carboxylic acid groups (broad SMARTS) is 1. The molecule has 2 heterocycles. The normalized spacial score (nSPS) is 12.9. The Balaban J connectivity index is 2.61. The van der Waals surface area contributed by atoms with Gasteiger partial charge in [-0.1, -0.05) is 0 Å². The first-order valence-corrected chi connectivity index (χ1v) is 3.97. The average Bonchev–Trinajstić information content (AvgIpc) is 2.41. The van der Waals surface area contributed by atoms with E-state index in [1.165, 1.54) is 12.3 Å². The van der Waals surface area contributed by atoms with Crippen LogP contribution >= 0.6 is 0 Å². The van der Waals surface area contributed by atoms with E-state index in [0.717, 1.165) is 0 Å². The summed E-state index contributed by atoms with van der Waals surface area (Å²) in [6.45, 7) is 0. The summed E-state index contributed by atoms with van der Waals surface area (Å²) in [4.78, 5) is 18.8. The predicted molar refractivity (Wildman–Crippen MR) is 52.1 cm³/mol. The second-order valence-electron chi connectivity index (χ2n) is 2.64. The summed E-state index contributed by atoms with van der Waals surface area (Å²) >= 11 is 0. The van der Waals surface area contributed by atoms with Gasteiger partial charge in [-0.3, -0.25) is 0 Å². The molecular weight excluding hydrogens is 182 g/mol. The number of fused-ring (bicyclic) bond motifs is 1. The molecule has 2 N–H and O–H groups in total. The molecule has 0 aliphatic carbocycles. The van der Waals surface area contributed by atoms with Gasteiger partial charge >= 0.3 is 5.97 Å². The molecule has 0 saturated heterocycles. The lowest BCUT2D eigenvalue weighted by molar-refractivity contribution is 0.0698. The number of hydrogen-bond donors (Lipinski definition) is 2. The van der Waals surface area contributed by atoms with Crippen LogP contribution in [-0.2, 0) is 0 Å². The van der Waals surface area contributed by atoms with Gasteiger partial charge in [-0.15, -0.1) is 0 Å². The van der Waals surface area contributed by atoms with Gasteiger partial charge in [0.25, 0.3) is 0 Å². The number of rotatable bonds is 1. The maximum Gasteiger partial charge on any atom is 0.338 e. The van der Waals surface area contributed by atoms with Crippen molar-refractivity contribution >= 4 is 23.7 Å². The third-order valence-corrected chi connectivity index (χ3v) is 1.77. The van der Waals surface area contributed by atoms with Crippen molar-refractivity contribution in [3.63, 3.8) is 0 Å². The highest BCUT2D eigenvalue weighted by Gasteiger charge is 2.14. The molecule has 1 aliphatic heterocycles. The molecule has 70 valence electrons. The van der Waals surface area contributed by atoms with Gasteiger partial charge in [0.15, 0.2) is 5.82 Å². The van der Waals surface area contributed by atoms with Crippen LogP contribution < -0.4 is 5.32 Å². The van der Waals surface area contributed by atoms with Crippen LogP contribution in [0.1, 0.15) is 10.4 Å². The molecule has 0 spiro atoms. The van der Waals surface area contributed by atoms with Crippen LogP contribution in [0, 0.1) is 0 Å². The Hall–Kier alpha value is -2.17. The fraction of sp³-hybridized carbons (Fsp3) is 0. The van der Waals surface area contributed by atoms with E-state index in [1.54, 1.807) is 18.5 Å². The molecule has 1 aliphatic rings. The van der Waals surface area contributed by atoms with Gasteiger partial charge in [-0.05, 0) is 12.1 Å². The van der Waals surface area contributed by atoms with Gasteiger partial charge in [-0.2, -0.15) is 0 Å². The molecule has 5 heteroatoms. The number of nitrogens with one attached hydrogen (secondary N) is 1. The highest BCUT2D eigenvalue weighted by molar-refractivity contribution is 5.98. The Bertz CT molecular complexity index is 438. The van der Waals surface area contributed by atoms with E-state index in [9.17, 15) is 4.79 Å². The number of nitrogens with zero attached hydrogens (tertiary/aromatic N) is 2.